The Balaban J connectivity index is 1.53. The van der Waals surface area contributed by atoms with Crippen molar-refractivity contribution in [2.75, 3.05) is 18.9 Å². The van der Waals surface area contributed by atoms with E-state index >= 15 is 0 Å². The monoisotopic (exact) mass is 436 g/mol. The first-order chi connectivity index (χ1) is 15.2. The van der Waals surface area contributed by atoms with Crippen LogP contribution < -0.4 is 10.5 Å². The molecular formula is C24H25ClN4O2. The molecule has 0 bridgehead atoms. The number of nitrogens with zero attached hydrogens (tertiary/aromatic N) is 3. The Morgan fingerprint density at radius 2 is 1.90 bits per heavy atom. The molecule has 0 atom stereocenters. The van der Waals surface area contributed by atoms with Crippen molar-refractivity contribution in [1.29, 1.82) is 0 Å². The first-order valence-electron chi connectivity index (χ1n) is 10.6. The molecule has 0 unspecified atom stereocenters. The van der Waals surface area contributed by atoms with Crippen LogP contribution in [0.5, 0.6) is 5.75 Å². The predicted molar refractivity (Wildman–Crippen MR) is 123 cm³/mol. The van der Waals surface area contributed by atoms with Crippen LogP contribution in [0.1, 0.15) is 24.2 Å². The Labute approximate surface area is 185 Å². The largest absolute Gasteiger partial charge is 0.489 e. The molecule has 1 aliphatic heterocycles. The standard InChI is InChI=1S/C24H25ClN4O2/c25-13-21-28-22-23(29(21)14-16-8-10-30-11-9-16)19-7-6-18(12-20(19)27-24(22)26)31-15-17-4-2-1-3-5-17/h1-7,12,16H,8-11,13-15H2,(H2,26,27). The number of hydrogen-bond donors (Lipinski definition) is 1. The average Bonchev–Trinajstić information content (AvgIpc) is 3.18. The van der Waals surface area contributed by atoms with Crippen molar-refractivity contribution in [3.63, 3.8) is 0 Å². The Morgan fingerprint density at radius 3 is 2.68 bits per heavy atom. The molecule has 2 aromatic heterocycles. The third kappa shape index (κ3) is 4.05. The maximum absolute atomic E-state index is 6.32. The molecule has 1 saturated heterocycles. The Bertz CT molecular complexity index is 1200. The second-order valence-electron chi connectivity index (χ2n) is 7.98. The lowest BCUT2D eigenvalue weighted by Gasteiger charge is -2.23. The normalized spacial score (nSPS) is 15.0. The summed E-state index contributed by atoms with van der Waals surface area (Å²) in [5, 5.41) is 1.01. The minimum atomic E-state index is 0.330. The van der Waals surface area contributed by atoms with Gasteiger partial charge in [0.15, 0.2) is 5.82 Å². The van der Waals surface area contributed by atoms with E-state index in [1.54, 1.807) is 0 Å². The molecule has 0 amide bonds. The maximum Gasteiger partial charge on any atom is 0.152 e. The van der Waals surface area contributed by atoms with Crippen molar-refractivity contribution >= 4 is 39.4 Å². The summed E-state index contributed by atoms with van der Waals surface area (Å²) in [5.41, 5.74) is 9.95. The van der Waals surface area contributed by atoms with E-state index in [-0.39, 0.29) is 0 Å². The lowest BCUT2D eigenvalue weighted by molar-refractivity contribution is 0.0614. The van der Waals surface area contributed by atoms with E-state index < -0.39 is 0 Å². The first kappa shape index (κ1) is 20.1. The minimum Gasteiger partial charge on any atom is -0.489 e. The van der Waals surface area contributed by atoms with Crippen LogP contribution >= 0.6 is 11.6 Å². The third-order valence-corrected chi connectivity index (χ3v) is 6.14. The highest BCUT2D eigenvalue weighted by Crippen LogP contribution is 2.33. The zero-order chi connectivity index (χ0) is 21.2. The van der Waals surface area contributed by atoms with E-state index in [2.05, 4.69) is 9.55 Å². The number of hydrogen-bond acceptors (Lipinski definition) is 5. The molecule has 0 spiro atoms. The Hall–Kier alpha value is -2.83. The van der Waals surface area contributed by atoms with Crippen LogP contribution in [0.2, 0.25) is 0 Å². The van der Waals surface area contributed by atoms with Crippen LogP contribution in [0, 0.1) is 5.92 Å². The highest BCUT2D eigenvalue weighted by molar-refractivity contribution is 6.17. The summed E-state index contributed by atoms with van der Waals surface area (Å²) in [7, 11) is 0. The van der Waals surface area contributed by atoms with E-state index in [1.807, 2.05) is 48.5 Å². The van der Waals surface area contributed by atoms with E-state index in [4.69, 9.17) is 31.8 Å². The summed E-state index contributed by atoms with van der Waals surface area (Å²) in [6.45, 7) is 2.97. The highest BCUT2D eigenvalue weighted by atomic mass is 35.5. The van der Waals surface area contributed by atoms with Gasteiger partial charge in [0.2, 0.25) is 0 Å². The number of rotatable bonds is 6. The molecule has 4 aromatic rings. The van der Waals surface area contributed by atoms with Crippen LogP contribution in [0.25, 0.3) is 21.9 Å². The van der Waals surface area contributed by atoms with Gasteiger partial charge in [0, 0.05) is 31.2 Å². The van der Waals surface area contributed by atoms with Crippen molar-refractivity contribution in [2.24, 2.45) is 5.92 Å². The van der Waals surface area contributed by atoms with E-state index in [0.29, 0.717) is 29.7 Å². The summed E-state index contributed by atoms with van der Waals surface area (Å²) < 4.78 is 13.7. The van der Waals surface area contributed by atoms with Crippen molar-refractivity contribution in [3.05, 3.63) is 59.9 Å². The molecular weight excluding hydrogens is 412 g/mol. The van der Waals surface area contributed by atoms with E-state index in [9.17, 15) is 0 Å². The molecule has 31 heavy (non-hydrogen) atoms. The van der Waals surface area contributed by atoms with Crippen molar-refractivity contribution in [3.8, 4) is 5.75 Å². The van der Waals surface area contributed by atoms with Gasteiger partial charge in [0.05, 0.1) is 16.9 Å². The predicted octanol–water partition coefficient (Wildman–Crippen LogP) is 4.91. The smallest absolute Gasteiger partial charge is 0.152 e. The molecule has 2 aromatic carbocycles. The zero-order valence-electron chi connectivity index (χ0n) is 17.3. The van der Waals surface area contributed by atoms with Crippen molar-refractivity contribution < 1.29 is 9.47 Å². The van der Waals surface area contributed by atoms with Crippen LogP contribution in [0.3, 0.4) is 0 Å². The minimum absolute atomic E-state index is 0.330. The van der Waals surface area contributed by atoms with E-state index in [0.717, 1.165) is 66.2 Å². The fourth-order valence-electron chi connectivity index (χ4n) is 4.25. The molecule has 6 nitrogen and oxygen atoms in total. The number of fused-ring (bicyclic) bond motifs is 3. The number of nitrogens with two attached hydrogens (primary N) is 1. The topological polar surface area (TPSA) is 75.2 Å². The summed E-state index contributed by atoms with van der Waals surface area (Å²) in [6, 6.07) is 16.1. The SMILES string of the molecule is Nc1nc2cc(OCc3ccccc3)ccc2c2c1nc(CCl)n2CC1CCOCC1. The number of aromatic nitrogens is 3. The van der Waals surface area contributed by atoms with Gasteiger partial charge in [0.1, 0.15) is 23.7 Å². The van der Waals surface area contributed by atoms with Crippen LogP contribution in [0.4, 0.5) is 5.82 Å². The number of pyridine rings is 1. The molecule has 2 N–H and O–H groups in total. The summed E-state index contributed by atoms with van der Waals surface area (Å²) in [4.78, 5) is 9.34. The Morgan fingerprint density at radius 1 is 1.10 bits per heavy atom. The number of ether oxygens (including phenoxy) is 2. The lowest BCUT2D eigenvalue weighted by Crippen LogP contribution is -2.21. The van der Waals surface area contributed by atoms with Gasteiger partial charge in [-0.2, -0.15) is 0 Å². The van der Waals surface area contributed by atoms with Gasteiger partial charge < -0.3 is 19.8 Å². The zero-order valence-corrected chi connectivity index (χ0v) is 18.0. The van der Waals surface area contributed by atoms with Crippen LogP contribution in [-0.4, -0.2) is 27.7 Å². The number of imidazole rings is 1. The Kier molecular flexibility index (Phi) is 5.66. The number of benzene rings is 2. The number of halogens is 1. The average molecular weight is 437 g/mol. The first-order valence-corrected chi connectivity index (χ1v) is 11.1. The van der Waals surface area contributed by atoms with Gasteiger partial charge in [-0.1, -0.05) is 30.3 Å². The van der Waals surface area contributed by atoms with Gasteiger partial charge in [-0.25, -0.2) is 9.97 Å². The number of alkyl halides is 1. The lowest BCUT2D eigenvalue weighted by atomic mass is 10.00. The molecule has 7 heteroatoms. The quantitative estimate of drug-likeness (QED) is 0.434. The van der Waals surface area contributed by atoms with Crippen molar-refractivity contribution in [2.45, 2.75) is 31.9 Å². The van der Waals surface area contributed by atoms with E-state index in [1.165, 1.54) is 0 Å². The molecule has 3 heterocycles. The second kappa shape index (κ2) is 8.73. The van der Waals surface area contributed by atoms with Crippen LogP contribution in [0.15, 0.2) is 48.5 Å². The molecule has 160 valence electrons. The molecule has 0 saturated carbocycles. The summed E-state index contributed by atoms with van der Waals surface area (Å²) in [5.74, 6) is 2.87. The van der Waals surface area contributed by atoms with Gasteiger partial charge >= 0.3 is 0 Å². The van der Waals surface area contributed by atoms with Gasteiger partial charge in [-0.15, -0.1) is 11.6 Å². The maximum atomic E-state index is 6.32. The molecule has 0 radical (unpaired) electrons. The van der Waals surface area contributed by atoms with Gasteiger partial charge in [0.25, 0.3) is 0 Å². The fourth-order valence-corrected chi connectivity index (χ4v) is 4.46. The van der Waals surface area contributed by atoms with Crippen LogP contribution in [-0.2, 0) is 23.8 Å². The summed E-state index contributed by atoms with van der Waals surface area (Å²) in [6.07, 6.45) is 2.08. The second-order valence-corrected chi connectivity index (χ2v) is 8.24. The summed E-state index contributed by atoms with van der Waals surface area (Å²) >= 11 is 6.26. The third-order valence-electron chi connectivity index (χ3n) is 5.90. The number of nitrogen functional groups attached to an aromatic ring is 1. The van der Waals surface area contributed by atoms with Crippen molar-refractivity contribution in [1.82, 2.24) is 14.5 Å². The molecule has 5 rings (SSSR count). The molecule has 1 aliphatic rings. The highest BCUT2D eigenvalue weighted by Gasteiger charge is 2.21. The fraction of sp³-hybridized carbons (Fsp3) is 0.333. The van der Waals surface area contributed by atoms with Gasteiger partial charge in [-0.3, -0.25) is 0 Å². The molecule has 0 aliphatic carbocycles. The molecule has 1 fully saturated rings. The number of anilines is 1. The van der Waals surface area contributed by atoms with Gasteiger partial charge in [-0.05, 0) is 36.5 Å².